The van der Waals surface area contributed by atoms with E-state index in [1.54, 1.807) is 0 Å². The summed E-state index contributed by atoms with van der Waals surface area (Å²) in [5.74, 6) is 0. The third-order valence-corrected chi connectivity index (χ3v) is 0. The van der Waals surface area contributed by atoms with Crippen molar-refractivity contribution in [2.75, 3.05) is 0 Å². The Morgan fingerprint density at radius 2 is 1.10 bits per heavy atom. The first-order valence-electron chi connectivity index (χ1n) is 0.783. The van der Waals surface area contributed by atoms with Crippen molar-refractivity contribution in [1.29, 1.82) is 0 Å². The van der Waals surface area contributed by atoms with Crippen molar-refractivity contribution in [1.82, 2.24) is 0 Å². The van der Waals surface area contributed by atoms with E-state index in [1.807, 2.05) is 0 Å². The SMILES string of the molecule is O.O=P(O)(O)O.[AlH3].[H-].[H-].[Li+].[Li+].[SiH4]. The van der Waals surface area contributed by atoms with Crippen LogP contribution in [0.5, 0.6) is 0 Å². The minimum Gasteiger partial charge on any atom is -1.00 e. The molecule has 0 rings (SSSR count). The van der Waals surface area contributed by atoms with Gasteiger partial charge in [0.15, 0.2) is 17.4 Å². The van der Waals surface area contributed by atoms with Crippen molar-refractivity contribution >= 4 is 36.1 Å². The molecule has 5 N–H and O–H groups in total. The first kappa shape index (κ1) is 40.3. The van der Waals surface area contributed by atoms with Crippen molar-refractivity contribution in [3.05, 3.63) is 0 Å². The molecule has 0 aliphatic carbocycles. The van der Waals surface area contributed by atoms with Crippen LogP contribution in [0, 0.1) is 0 Å². The zero-order valence-electron chi connectivity index (χ0n) is 6.70. The molecule has 10 heteroatoms. The number of hydrogen-bond donors (Lipinski definition) is 3. The van der Waals surface area contributed by atoms with Gasteiger partial charge in [-0.2, -0.15) is 0 Å². The molecule has 0 aliphatic rings. The fraction of sp³-hybridized carbons (Fsp3) is 0. The smallest absolute Gasteiger partial charge is 1.00 e. The summed E-state index contributed by atoms with van der Waals surface area (Å²) in [4.78, 5) is 21.6. The van der Waals surface area contributed by atoms with Crippen molar-refractivity contribution in [2.24, 2.45) is 0 Å². The summed E-state index contributed by atoms with van der Waals surface area (Å²) >= 11 is 0. The molecular weight excluding hydrogens is 180 g/mol. The van der Waals surface area contributed by atoms with Gasteiger partial charge in [0.1, 0.15) is 0 Å². The third-order valence-electron chi connectivity index (χ3n) is 0. The van der Waals surface area contributed by atoms with E-state index in [2.05, 4.69) is 0 Å². The first-order chi connectivity index (χ1) is 2.00. The summed E-state index contributed by atoms with van der Waals surface area (Å²) in [6.45, 7) is 0. The van der Waals surface area contributed by atoms with Crippen LogP contribution in [-0.2, 0) is 4.57 Å². The van der Waals surface area contributed by atoms with E-state index >= 15 is 0 Å². The molecule has 0 amide bonds. The monoisotopic (exact) mass is 194 g/mol. The minimum atomic E-state index is -4.64. The van der Waals surface area contributed by atoms with E-state index in [-0.39, 0.29) is 74.4 Å². The number of rotatable bonds is 0. The third kappa shape index (κ3) is 201. The molecule has 0 aromatic heterocycles. The molecule has 0 aromatic carbocycles. The Morgan fingerprint density at radius 3 is 1.10 bits per heavy atom. The molecule has 0 fully saturated rings. The molecule has 10 heavy (non-hydrogen) atoms. The molecule has 5 nitrogen and oxygen atoms in total. The van der Waals surface area contributed by atoms with Crippen molar-refractivity contribution in [2.45, 2.75) is 0 Å². The minimum absolute atomic E-state index is 0. The molecule has 0 atom stereocenters. The summed E-state index contributed by atoms with van der Waals surface area (Å²) in [7, 11) is -4.64. The molecule has 0 aromatic rings. The maximum Gasteiger partial charge on any atom is 1.00 e. The van der Waals surface area contributed by atoms with Crippen LogP contribution in [0.1, 0.15) is 2.85 Å². The average molecular weight is 194 g/mol. The summed E-state index contributed by atoms with van der Waals surface area (Å²) in [5.41, 5.74) is 0. The largest absolute Gasteiger partial charge is 1.00 e. The van der Waals surface area contributed by atoms with E-state index in [9.17, 15) is 0 Å². The quantitative estimate of drug-likeness (QED) is 0.262. The van der Waals surface area contributed by atoms with Gasteiger partial charge in [-0.25, -0.2) is 4.57 Å². The summed E-state index contributed by atoms with van der Waals surface area (Å²) in [6, 6.07) is 0. The zero-order valence-corrected chi connectivity index (χ0v) is 5.59. The normalized spacial score (nSPS) is 5.90. The molecule has 0 heterocycles. The molecule has 0 spiro atoms. The maximum atomic E-state index is 8.88. The molecule has 0 bridgehead atoms. The van der Waals surface area contributed by atoms with Gasteiger partial charge < -0.3 is 23.0 Å². The predicted octanol–water partition coefficient (Wildman–Crippen LogP) is -10.2. The van der Waals surface area contributed by atoms with Gasteiger partial charge >= 0.3 is 45.5 Å². The second-order valence-electron chi connectivity index (χ2n) is 0.513. The summed E-state index contributed by atoms with van der Waals surface area (Å²) in [5, 5.41) is 0. The predicted molar refractivity (Wildman–Crippen MR) is 41.4 cm³/mol. The van der Waals surface area contributed by atoms with Gasteiger partial charge in [-0.3, -0.25) is 0 Å². The van der Waals surface area contributed by atoms with Crippen LogP contribution in [0.3, 0.4) is 0 Å². The van der Waals surface area contributed by atoms with Gasteiger partial charge in [-0.1, -0.05) is 0 Å². The molecule has 0 radical (unpaired) electrons. The molecule has 58 valence electrons. The van der Waals surface area contributed by atoms with Crippen LogP contribution in [0.15, 0.2) is 0 Å². The average Bonchev–Trinajstić information content (AvgIpc) is 0.722. The molecule has 0 saturated heterocycles. The van der Waals surface area contributed by atoms with Crippen LogP contribution in [0.25, 0.3) is 0 Å². The van der Waals surface area contributed by atoms with Gasteiger partial charge in [0.05, 0.1) is 0 Å². The Hall–Kier alpha value is 2.01. The summed E-state index contributed by atoms with van der Waals surface area (Å²) < 4.78 is 8.88. The van der Waals surface area contributed by atoms with Crippen molar-refractivity contribution in [3.63, 3.8) is 0 Å². The molecular formula is H14AlLi2O5PSi. The van der Waals surface area contributed by atoms with E-state index in [1.165, 1.54) is 0 Å². The van der Waals surface area contributed by atoms with Gasteiger partial charge in [0.25, 0.3) is 0 Å². The van der Waals surface area contributed by atoms with Crippen LogP contribution in [0.2, 0.25) is 0 Å². The Morgan fingerprint density at radius 1 is 1.10 bits per heavy atom. The Balaban J connectivity index is -0.00000000381. The zero-order chi connectivity index (χ0) is 4.50. The van der Waals surface area contributed by atoms with E-state index in [4.69, 9.17) is 19.2 Å². The maximum absolute atomic E-state index is 8.88. The number of hydrogen-bond acceptors (Lipinski definition) is 1. The van der Waals surface area contributed by atoms with E-state index < -0.39 is 7.82 Å². The first-order valence-corrected chi connectivity index (χ1v) is 2.35. The number of phosphoric acid groups is 1. The summed E-state index contributed by atoms with van der Waals surface area (Å²) in [6.07, 6.45) is 0. The molecule has 0 saturated carbocycles. The van der Waals surface area contributed by atoms with E-state index in [0.717, 1.165) is 0 Å². The van der Waals surface area contributed by atoms with Crippen LogP contribution in [0.4, 0.5) is 0 Å². The van der Waals surface area contributed by atoms with Crippen molar-refractivity contribution in [3.8, 4) is 0 Å². The van der Waals surface area contributed by atoms with E-state index in [0.29, 0.717) is 0 Å². The topological polar surface area (TPSA) is 109 Å². The van der Waals surface area contributed by atoms with Crippen molar-refractivity contribution < 1.29 is 65.3 Å². The van der Waals surface area contributed by atoms with Gasteiger partial charge in [-0.05, 0) is 11.0 Å². The fourth-order valence-corrected chi connectivity index (χ4v) is 0. The van der Waals surface area contributed by atoms with Gasteiger partial charge in [0.2, 0.25) is 0 Å². The second kappa shape index (κ2) is 17.2. The second-order valence-corrected chi connectivity index (χ2v) is 1.54. The Labute approximate surface area is 101 Å². The van der Waals surface area contributed by atoms with Crippen LogP contribution < -0.4 is 37.7 Å². The molecule has 0 unspecified atom stereocenters. The molecule has 0 aliphatic heterocycles. The van der Waals surface area contributed by atoms with Crippen LogP contribution >= 0.6 is 7.82 Å². The Kier molecular flexibility index (Phi) is 69.3. The van der Waals surface area contributed by atoms with Gasteiger partial charge in [-0.15, -0.1) is 0 Å². The fourth-order valence-electron chi connectivity index (χ4n) is 0. The van der Waals surface area contributed by atoms with Crippen LogP contribution in [-0.4, -0.2) is 48.5 Å². The van der Waals surface area contributed by atoms with Gasteiger partial charge in [0, 0.05) is 0 Å². The standard InChI is InChI=1S/Al.2Li.H3O4P.H2O.H4Si.5H/c;;;1-5(2,3)4;;;;;;;/h;;;(H3,1,2,3,4);1H2;1H4;;;;;/q;2*+1;;;;;;;2*-1. The Bertz CT molecular complexity index is 73.6.